The molecule has 1 heterocycles. The molecule has 0 bridgehead atoms. The quantitative estimate of drug-likeness (QED) is 0.619. The Hall–Kier alpha value is -3.10. The molecule has 0 spiro atoms. The summed E-state index contributed by atoms with van der Waals surface area (Å²) < 4.78 is 6.35. The Labute approximate surface area is 180 Å². The maximum atomic E-state index is 12.2. The number of ether oxygens (including phenoxy) is 1. The maximum Gasteiger partial charge on any atom is 0.333 e. The second kappa shape index (κ2) is 8.56. The van der Waals surface area contributed by atoms with E-state index in [1.54, 1.807) is 19.1 Å². The highest BCUT2D eigenvalue weighted by Crippen LogP contribution is 2.41. The molecule has 0 radical (unpaired) electrons. The van der Waals surface area contributed by atoms with Gasteiger partial charge in [0.15, 0.2) is 0 Å². The van der Waals surface area contributed by atoms with Crippen LogP contribution in [0.25, 0.3) is 0 Å². The van der Waals surface area contributed by atoms with Gasteiger partial charge in [0.1, 0.15) is 11.9 Å². The number of aromatic amines is 2. The molecule has 9 nitrogen and oxygen atoms in total. The van der Waals surface area contributed by atoms with E-state index in [-0.39, 0.29) is 18.7 Å². The third-order valence-electron chi connectivity index (χ3n) is 4.96. The molecule has 1 aromatic heterocycles. The number of carbonyl (C=O) groups excluding carboxylic acids is 1. The molecule has 0 amide bonds. The zero-order valence-electron chi connectivity index (χ0n) is 19.1. The fraction of sp³-hybridized carbons (Fsp3) is 0.545. The molecule has 2 aromatic rings. The van der Waals surface area contributed by atoms with Crippen LogP contribution in [0.15, 0.2) is 26.5 Å². The van der Waals surface area contributed by atoms with Crippen LogP contribution in [0.4, 0.5) is 0 Å². The number of H-pyrrole nitrogens is 2. The zero-order valence-corrected chi connectivity index (χ0v) is 19.1. The van der Waals surface area contributed by atoms with Gasteiger partial charge in [0.25, 0.3) is 0 Å². The van der Waals surface area contributed by atoms with Gasteiger partial charge in [0.05, 0.1) is 6.54 Å². The number of hydrogen-bond acceptors (Lipinski definition) is 6. The number of aromatic nitrogens is 3. The van der Waals surface area contributed by atoms with Crippen molar-refractivity contribution in [3.63, 3.8) is 0 Å². The monoisotopic (exact) mass is 433 g/mol. The van der Waals surface area contributed by atoms with Gasteiger partial charge in [-0.2, -0.15) is 0 Å². The van der Waals surface area contributed by atoms with E-state index >= 15 is 0 Å². The number of hydrogen-bond donors (Lipinski definition) is 3. The third-order valence-corrected chi connectivity index (χ3v) is 4.96. The number of nitrogens with zero attached hydrogens (tertiary/aromatic N) is 1. The van der Waals surface area contributed by atoms with E-state index in [0.29, 0.717) is 16.7 Å². The second-order valence-corrected chi connectivity index (χ2v) is 9.60. The highest BCUT2D eigenvalue weighted by atomic mass is 16.5. The minimum absolute atomic E-state index is 0.101. The molecule has 9 heteroatoms. The van der Waals surface area contributed by atoms with Gasteiger partial charge in [-0.3, -0.25) is 14.8 Å². The fourth-order valence-corrected chi connectivity index (χ4v) is 3.22. The first-order valence-corrected chi connectivity index (χ1v) is 10.2. The molecule has 0 aliphatic rings. The van der Waals surface area contributed by atoms with Crippen LogP contribution in [0.1, 0.15) is 77.7 Å². The summed E-state index contributed by atoms with van der Waals surface area (Å²) in [6.07, 6.45) is -0.885. The summed E-state index contributed by atoms with van der Waals surface area (Å²) in [5.41, 5.74) is -1.74. The van der Waals surface area contributed by atoms with Crippen molar-refractivity contribution < 1.29 is 14.6 Å². The van der Waals surface area contributed by atoms with Crippen LogP contribution in [-0.2, 0) is 26.9 Å². The van der Waals surface area contributed by atoms with Crippen molar-refractivity contribution in [1.82, 2.24) is 14.5 Å². The molecule has 2 rings (SSSR count). The highest BCUT2D eigenvalue weighted by molar-refractivity contribution is 5.69. The molecule has 1 atom stereocenters. The Bertz CT molecular complexity index is 1070. The molecule has 0 saturated carbocycles. The van der Waals surface area contributed by atoms with Gasteiger partial charge in [-0.1, -0.05) is 48.5 Å². The summed E-state index contributed by atoms with van der Waals surface area (Å²) in [7, 11) is 0. The van der Waals surface area contributed by atoms with Crippen molar-refractivity contribution >= 4 is 5.97 Å². The molecule has 0 fully saturated rings. The van der Waals surface area contributed by atoms with Gasteiger partial charge in [-0.15, -0.1) is 0 Å². The van der Waals surface area contributed by atoms with E-state index in [1.807, 2.05) is 51.5 Å². The number of rotatable bonds is 5. The zero-order chi connectivity index (χ0) is 23.7. The van der Waals surface area contributed by atoms with Crippen LogP contribution in [0.3, 0.4) is 0 Å². The largest absolute Gasteiger partial charge is 0.507 e. The van der Waals surface area contributed by atoms with Crippen molar-refractivity contribution in [2.45, 2.75) is 78.4 Å². The second-order valence-electron chi connectivity index (χ2n) is 9.60. The number of carbonyl (C=O) groups is 1. The standard InChI is InChI=1S/C22H31N3O6/c1-8-16(26)31-15(11-25-19(29)23-18(28)24-20(25)30)12-9-13(21(2,3)4)17(27)14(10-12)22(5,6)7/h9-10,15,27H,8,11H2,1-7H3,(H2,23,24,28,29,30). The van der Waals surface area contributed by atoms with Crippen LogP contribution in [0.2, 0.25) is 0 Å². The average Bonchev–Trinajstić information content (AvgIpc) is 2.61. The van der Waals surface area contributed by atoms with E-state index in [4.69, 9.17) is 4.74 Å². The van der Waals surface area contributed by atoms with Crippen molar-refractivity contribution in [2.75, 3.05) is 0 Å². The van der Waals surface area contributed by atoms with E-state index < -0.39 is 40.0 Å². The summed E-state index contributed by atoms with van der Waals surface area (Å²) in [6, 6.07) is 3.45. The van der Waals surface area contributed by atoms with E-state index in [0.717, 1.165) is 4.57 Å². The predicted molar refractivity (Wildman–Crippen MR) is 117 cm³/mol. The minimum Gasteiger partial charge on any atom is -0.507 e. The number of phenolic OH excluding ortho intramolecular Hbond substituents is 1. The Morgan fingerprint density at radius 1 is 1.00 bits per heavy atom. The molecule has 0 aliphatic carbocycles. The Kier molecular flexibility index (Phi) is 6.68. The van der Waals surface area contributed by atoms with Gasteiger partial charge in [-0.05, 0) is 39.7 Å². The first kappa shape index (κ1) is 24.2. The van der Waals surface area contributed by atoms with Crippen molar-refractivity contribution in [3.8, 4) is 5.75 Å². The molecule has 1 unspecified atom stereocenters. The van der Waals surface area contributed by atoms with Gasteiger partial charge >= 0.3 is 23.0 Å². The lowest BCUT2D eigenvalue weighted by atomic mass is 9.78. The first-order valence-electron chi connectivity index (χ1n) is 10.2. The molecule has 0 aliphatic heterocycles. The van der Waals surface area contributed by atoms with Crippen LogP contribution < -0.4 is 17.1 Å². The maximum absolute atomic E-state index is 12.2. The molecule has 31 heavy (non-hydrogen) atoms. The summed E-state index contributed by atoms with van der Waals surface area (Å²) in [6.45, 7) is 13.0. The SMILES string of the molecule is CCC(=O)OC(Cn1c(=O)[nH]c(=O)[nH]c1=O)c1cc(C(C)(C)C)c(O)c(C(C)(C)C)c1. The number of aromatic hydroxyl groups is 1. The number of benzene rings is 1. The Morgan fingerprint density at radius 2 is 1.45 bits per heavy atom. The van der Waals surface area contributed by atoms with Gasteiger partial charge < -0.3 is 9.84 Å². The van der Waals surface area contributed by atoms with Crippen molar-refractivity contribution in [2.24, 2.45) is 0 Å². The van der Waals surface area contributed by atoms with Gasteiger partial charge in [-0.25, -0.2) is 19.0 Å². The van der Waals surface area contributed by atoms with Crippen LogP contribution >= 0.6 is 0 Å². The molecular weight excluding hydrogens is 402 g/mol. The first-order chi connectivity index (χ1) is 14.1. The Balaban J connectivity index is 2.75. The summed E-state index contributed by atoms with van der Waals surface area (Å²) in [5, 5.41) is 10.9. The van der Waals surface area contributed by atoms with Crippen LogP contribution in [0.5, 0.6) is 5.75 Å². The molecule has 0 saturated heterocycles. The van der Waals surface area contributed by atoms with E-state index in [1.165, 1.54) is 0 Å². The molecule has 170 valence electrons. The van der Waals surface area contributed by atoms with Crippen LogP contribution in [0, 0.1) is 0 Å². The summed E-state index contributed by atoms with van der Waals surface area (Å²) >= 11 is 0. The van der Waals surface area contributed by atoms with E-state index in [9.17, 15) is 24.3 Å². The average molecular weight is 434 g/mol. The summed E-state index contributed by atoms with van der Waals surface area (Å²) in [4.78, 5) is 51.9. The van der Waals surface area contributed by atoms with Gasteiger partial charge in [0.2, 0.25) is 0 Å². The molecule has 3 N–H and O–H groups in total. The normalized spacial score (nSPS) is 13.1. The Morgan fingerprint density at radius 3 is 1.84 bits per heavy atom. The molecule has 1 aromatic carbocycles. The number of phenols is 1. The fourth-order valence-electron chi connectivity index (χ4n) is 3.22. The smallest absolute Gasteiger partial charge is 0.333 e. The summed E-state index contributed by atoms with van der Waals surface area (Å²) in [5.74, 6) is -0.357. The lowest BCUT2D eigenvalue weighted by Crippen LogP contribution is -2.44. The predicted octanol–water partition coefficient (Wildman–Crippen LogP) is 2.22. The van der Waals surface area contributed by atoms with Crippen molar-refractivity contribution in [1.29, 1.82) is 0 Å². The number of nitrogens with one attached hydrogen (secondary N) is 2. The highest BCUT2D eigenvalue weighted by Gasteiger charge is 2.29. The minimum atomic E-state index is -0.986. The molecular formula is C22H31N3O6. The lowest BCUT2D eigenvalue weighted by Gasteiger charge is -2.30. The van der Waals surface area contributed by atoms with Gasteiger partial charge in [0, 0.05) is 6.42 Å². The van der Waals surface area contributed by atoms with Crippen molar-refractivity contribution in [3.05, 3.63) is 60.3 Å². The number of esters is 1. The topological polar surface area (TPSA) is 134 Å². The third kappa shape index (κ3) is 5.53. The lowest BCUT2D eigenvalue weighted by molar-refractivity contribution is -0.149. The van der Waals surface area contributed by atoms with Crippen LogP contribution in [-0.4, -0.2) is 25.6 Å². The van der Waals surface area contributed by atoms with E-state index in [2.05, 4.69) is 0 Å².